The zero-order valence-corrected chi connectivity index (χ0v) is 35.4. The zero-order chi connectivity index (χ0) is 41.0. The van der Waals surface area contributed by atoms with Crippen molar-refractivity contribution in [2.75, 3.05) is 0 Å². The van der Waals surface area contributed by atoms with Crippen LogP contribution >= 0.6 is 0 Å². The van der Waals surface area contributed by atoms with Gasteiger partial charge in [0, 0.05) is 63.1 Å². The van der Waals surface area contributed by atoms with E-state index in [9.17, 15) is 14.4 Å². The third-order valence-corrected chi connectivity index (χ3v) is 9.93. The molecular weight excluding hydrogens is 689 g/mol. The summed E-state index contributed by atoms with van der Waals surface area (Å²) in [5, 5.41) is 2.50. The standard InChI is InChI=1S/C48H60O7/c1-28(2)25-30(5)23-24-47(11,12)40-32(7)43(37-20-16-17-21-38(37)44(40)53-35(10)50)54-46(51)55-45-39-22-18-15-19-36(39)42(52-34(9)49)33(8)41(45)48(13,14)27-31(6)26-29(3)4/h15-23,27-29H,24-26H2,1-14H3/b30-23+,31-27+. The summed E-state index contributed by atoms with van der Waals surface area (Å²) >= 11 is 0. The topological polar surface area (TPSA) is 88.1 Å². The van der Waals surface area contributed by atoms with Crippen LogP contribution in [0.15, 0.2) is 71.8 Å². The van der Waals surface area contributed by atoms with Crippen LogP contribution in [-0.2, 0) is 20.4 Å². The Kier molecular flexibility index (Phi) is 13.4. The van der Waals surface area contributed by atoms with Gasteiger partial charge < -0.3 is 18.9 Å². The Morgan fingerprint density at radius 2 is 0.964 bits per heavy atom. The van der Waals surface area contributed by atoms with Crippen molar-refractivity contribution in [3.8, 4) is 23.0 Å². The lowest BCUT2D eigenvalue weighted by atomic mass is 9.76. The molecule has 0 saturated heterocycles. The molecule has 0 unspecified atom stereocenters. The second-order valence-corrected chi connectivity index (χ2v) is 17.1. The number of esters is 2. The van der Waals surface area contributed by atoms with E-state index in [0.717, 1.165) is 18.4 Å². The predicted octanol–water partition coefficient (Wildman–Crippen LogP) is 13.0. The van der Waals surface area contributed by atoms with E-state index in [1.165, 1.54) is 25.0 Å². The van der Waals surface area contributed by atoms with Gasteiger partial charge in [-0.3, -0.25) is 9.59 Å². The van der Waals surface area contributed by atoms with E-state index in [-0.39, 0.29) is 0 Å². The van der Waals surface area contributed by atoms with E-state index in [0.29, 0.717) is 79.5 Å². The molecule has 7 nitrogen and oxygen atoms in total. The van der Waals surface area contributed by atoms with Crippen LogP contribution in [0.5, 0.6) is 23.0 Å². The van der Waals surface area contributed by atoms with Crippen molar-refractivity contribution in [2.45, 2.75) is 127 Å². The molecular formula is C48H60O7. The minimum atomic E-state index is -0.922. The van der Waals surface area contributed by atoms with Crippen molar-refractivity contribution in [2.24, 2.45) is 11.8 Å². The number of allylic oxidation sites excluding steroid dienone is 4. The van der Waals surface area contributed by atoms with Gasteiger partial charge in [-0.1, -0.05) is 127 Å². The van der Waals surface area contributed by atoms with Crippen LogP contribution in [0.2, 0.25) is 0 Å². The number of rotatable bonds is 13. The van der Waals surface area contributed by atoms with E-state index in [1.807, 2.05) is 62.4 Å². The number of benzene rings is 4. The predicted molar refractivity (Wildman–Crippen MR) is 224 cm³/mol. The highest BCUT2D eigenvalue weighted by atomic mass is 16.7. The Morgan fingerprint density at radius 1 is 0.582 bits per heavy atom. The fourth-order valence-electron chi connectivity index (χ4n) is 8.19. The van der Waals surface area contributed by atoms with Gasteiger partial charge in [-0.15, -0.1) is 0 Å². The quantitative estimate of drug-likeness (QED) is 0.0582. The molecule has 0 saturated carbocycles. The van der Waals surface area contributed by atoms with E-state index in [2.05, 4.69) is 81.4 Å². The second kappa shape index (κ2) is 17.3. The summed E-state index contributed by atoms with van der Waals surface area (Å²) in [5.41, 5.74) is 4.15. The van der Waals surface area contributed by atoms with Crippen LogP contribution in [0.4, 0.5) is 4.79 Å². The zero-order valence-electron chi connectivity index (χ0n) is 35.4. The van der Waals surface area contributed by atoms with Crippen LogP contribution in [0.1, 0.15) is 125 Å². The summed E-state index contributed by atoms with van der Waals surface area (Å²) in [5.74, 6) is 1.63. The summed E-state index contributed by atoms with van der Waals surface area (Å²) in [4.78, 5) is 39.3. The van der Waals surface area contributed by atoms with Crippen LogP contribution in [-0.4, -0.2) is 18.1 Å². The maximum absolute atomic E-state index is 14.3. The first kappa shape index (κ1) is 42.8. The van der Waals surface area contributed by atoms with Crippen LogP contribution < -0.4 is 18.9 Å². The molecule has 0 N–H and O–H groups in total. The highest BCUT2D eigenvalue weighted by molar-refractivity contribution is 6.01. The van der Waals surface area contributed by atoms with Crippen molar-refractivity contribution in [3.05, 3.63) is 94.1 Å². The lowest BCUT2D eigenvalue weighted by Gasteiger charge is -2.31. The first-order chi connectivity index (χ1) is 25.6. The van der Waals surface area contributed by atoms with Gasteiger partial charge in [0.05, 0.1) is 0 Å². The number of hydrogen-bond acceptors (Lipinski definition) is 7. The summed E-state index contributed by atoms with van der Waals surface area (Å²) in [6.07, 6.45) is 6.06. The van der Waals surface area contributed by atoms with Gasteiger partial charge in [0.1, 0.15) is 23.0 Å². The molecule has 55 heavy (non-hydrogen) atoms. The average molecular weight is 749 g/mol. The van der Waals surface area contributed by atoms with Crippen molar-refractivity contribution in [3.63, 3.8) is 0 Å². The normalized spacial score (nSPS) is 12.8. The van der Waals surface area contributed by atoms with Crippen LogP contribution in [0.3, 0.4) is 0 Å². The van der Waals surface area contributed by atoms with Gasteiger partial charge in [-0.25, -0.2) is 4.79 Å². The molecule has 0 bridgehead atoms. The molecule has 0 atom stereocenters. The summed E-state index contributed by atoms with van der Waals surface area (Å²) < 4.78 is 24.5. The monoisotopic (exact) mass is 748 g/mol. The van der Waals surface area contributed by atoms with Gasteiger partial charge in [0.2, 0.25) is 0 Å². The second-order valence-electron chi connectivity index (χ2n) is 17.1. The maximum atomic E-state index is 14.3. The number of carbonyl (C=O) groups is 3. The molecule has 0 fully saturated rings. The molecule has 4 rings (SSSR count). The Labute approximate surface area is 328 Å². The van der Waals surface area contributed by atoms with Crippen molar-refractivity contribution in [1.29, 1.82) is 0 Å². The Hall–Kier alpha value is -4.91. The van der Waals surface area contributed by atoms with Crippen molar-refractivity contribution < 1.29 is 33.3 Å². The van der Waals surface area contributed by atoms with Gasteiger partial charge in [0.15, 0.2) is 0 Å². The van der Waals surface area contributed by atoms with Gasteiger partial charge in [-0.05, 0) is 64.2 Å². The van der Waals surface area contributed by atoms with Crippen molar-refractivity contribution >= 4 is 39.6 Å². The summed E-state index contributed by atoms with van der Waals surface area (Å²) in [7, 11) is 0. The molecule has 0 amide bonds. The third-order valence-electron chi connectivity index (χ3n) is 9.93. The van der Waals surface area contributed by atoms with E-state index >= 15 is 0 Å². The molecule has 4 aromatic carbocycles. The van der Waals surface area contributed by atoms with E-state index < -0.39 is 28.9 Å². The van der Waals surface area contributed by atoms with Gasteiger partial charge in [-0.2, -0.15) is 0 Å². The Bertz CT molecular complexity index is 2160. The molecule has 0 spiro atoms. The molecule has 0 aromatic heterocycles. The van der Waals surface area contributed by atoms with Crippen LogP contribution in [0, 0.1) is 25.7 Å². The maximum Gasteiger partial charge on any atom is 0.519 e. The minimum Gasteiger partial charge on any atom is -0.426 e. The molecule has 0 aliphatic rings. The summed E-state index contributed by atoms with van der Waals surface area (Å²) in [6.45, 7) is 27.9. The minimum absolute atomic E-state index is 0.327. The first-order valence-electron chi connectivity index (χ1n) is 19.4. The van der Waals surface area contributed by atoms with Crippen molar-refractivity contribution in [1.82, 2.24) is 0 Å². The van der Waals surface area contributed by atoms with Gasteiger partial charge in [0.25, 0.3) is 0 Å². The number of ether oxygens (including phenoxy) is 4. The molecule has 7 heteroatoms. The molecule has 0 aliphatic heterocycles. The fourth-order valence-corrected chi connectivity index (χ4v) is 8.19. The molecule has 4 aromatic rings. The smallest absolute Gasteiger partial charge is 0.426 e. The Morgan fingerprint density at radius 3 is 1.44 bits per heavy atom. The highest BCUT2D eigenvalue weighted by Gasteiger charge is 2.34. The fraction of sp³-hybridized carbons (Fsp3) is 0.438. The van der Waals surface area contributed by atoms with E-state index in [1.54, 1.807) is 0 Å². The van der Waals surface area contributed by atoms with E-state index in [4.69, 9.17) is 18.9 Å². The number of hydrogen-bond donors (Lipinski definition) is 0. The molecule has 0 aliphatic carbocycles. The first-order valence-corrected chi connectivity index (χ1v) is 19.4. The number of fused-ring (bicyclic) bond motifs is 2. The number of carbonyl (C=O) groups excluding carboxylic acids is 3. The molecule has 0 heterocycles. The third kappa shape index (κ3) is 10.0. The largest absolute Gasteiger partial charge is 0.519 e. The Balaban J connectivity index is 1.95. The van der Waals surface area contributed by atoms with Gasteiger partial charge >= 0.3 is 18.1 Å². The lowest BCUT2D eigenvalue weighted by molar-refractivity contribution is -0.132. The highest BCUT2D eigenvalue weighted by Crippen LogP contribution is 2.49. The lowest BCUT2D eigenvalue weighted by Crippen LogP contribution is -2.24. The summed E-state index contributed by atoms with van der Waals surface area (Å²) in [6, 6.07) is 14.9. The molecule has 0 radical (unpaired) electrons. The average Bonchev–Trinajstić information content (AvgIpc) is 3.06. The molecule has 294 valence electrons. The SMILES string of the molecule is CC(=O)Oc1c(C)c(C(C)(C)/C=C(\C)CC(C)C)c(OC(=O)Oc2c(C)c(C(C)(C)C/C=C(\C)CC(C)C)c(OC(C)=O)c3ccccc23)c2ccccc12. The van der Waals surface area contributed by atoms with Crippen LogP contribution in [0.25, 0.3) is 21.5 Å².